The smallest absolute Gasteiger partial charge is 0.228 e. The Morgan fingerprint density at radius 1 is 1.44 bits per heavy atom. The van der Waals surface area contributed by atoms with Crippen LogP contribution in [0.25, 0.3) is 0 Å². The Hall–Kier alpha value is -0.610. The van der Waals surface area contributed by atoms with E-state index in [0.29, 0.717) is 11.8 Å². The third-order valence-electron chi connectivity index (χ3n) is 4.39. The second-order valence-electron chi connectivity index (χ2n) is 5.88. The highest BCUT2D eigenvalue weighted by Gasteiger charge is 2.37. The van der Waals surface area contributed by atoms with Crippen LogP contribution in [-0.4, -0.2) is 50.2 Å². The van der Waals surface area contributed by atoms with Crippen molar-refractivity contribution in [3.8, 4) is 0 Å². The SMILES string of the molecule is CCN(CC1CCOC1)C(=O)C1(C)CCNCC1. The van der Waals surface area contributed by atoms with Crippen LogP contribution < -0.4 is 5.32 Å². The first-order valence-electron chi connectivity index (χ1n) is 7.23. The third-order valence-corrected chi connectivity index (χ3v) is 4.39. The molecule has 2 aliphatic rings. The molecular weight excluding hydrogens is 228 g/mol. The molecule has 0 spiro atoms. The first-order chi connectivity index (χ1) is 8.65. The molecule has 4 nitrogen and oxygen atoms in total. The van der Waals surface area contributed by atoms with Gasteiger partial charge in [-0.15, -0.1) is 0 Å². The summed E-state index contributed by atoms with van der Waals surface area (Å²) in [6.07, 6.45) is 3.02. The van der Waals surface area contributed by atoms with Gasteiger partial charge in [-0.2, -0.15) is 0 Å². The highest BCUT2D eigenvalue weighted by molar-refractivity contribution is 5.82. The van der Waals surface area contributed by atoms with Crippen LogP contribution in [-0.2, 0) is 9.53 Å². The summed E-state index contributed by atoms with van der Waals surface area (Å²) in [6.45, 7) is 9.51. The monoisotopic (exact) mass is 254 g/mol. The average Bonchev–Trinajstić information content (AvgIpc) is 2.89. The topological polar surface area (TPSA) is 41.6 Å². The Labute approximate surface area is 110 Å². The van der Waals surface area contributed by atoms with E-state index in [4.69, 9.17) is 4.74 Å². The van der Waals surface area contributed by atoms with Crippen molar-refractivity contribution < 1.29 is 9.53 Å². The van der Waals surface area contributed by atoms with Crippen molar-refractivity contribution in [3.05, 3.63) is 0 Å². The van der Waals surface area contributed by atoms with Gasteiger partial charge in [-0.3, -0.25) is 4.79 Å². The maximum absolute atomic E-state index is 12.7. The van der Waals surface area contributed by atoms with Crippen molar-refractivity contribution in [1.29, 1.82) is 0 Å². The number of hydrogen-bond acceptors (Lipinski definition) is 3. The van der Waals surface area contributed by atoms with E-state index < -0.39 is 0 Å². The quantitative estimate of drug-likeness (QED) is 0.821. The van der Waals surface area contributed by atoms with Gasteiger partial charge in [-0.1, -0.05) is 6.92 Å². The maximum Gasteiger partial charge on any atom is 0.228 e. The molecule has 0 bridgehead atoms. The van der Waals surface area contributed by atoms with Crippen molar-refractivity contribution in [3.63, 3.8) is 0 Å². The first-order valence-corrected chi connectivity index (χ1v) is 7.23. The fraction of sp³-hybridized carbons (Fsp3) is 0.929. The molecule has 18 heavy (non-hydrogen) atoms. The molecule has 2 saturated heterocycles. The lowest BCUT2D eigenvalue weighted by Gasteiger charge is -2.37. The normalized spacial score (nSPS) is 27.1. The van der Waals surface area contributed by atoms with E-state index >= 15 is 0 Å². The number of carbonyl (C=O) groups is 1. The number of nitrogens with one attached hydrogen (secondary N) is 1. The van der Waals surface area contributed by atoms with Gasteiger partial charge >= 0.3 is 0 Å². The lowest BCUT2D eigenvalue weighted by molar-refractivity contribution is -0.143. The van der Waals surface area contributed by atoms with Crippen LogP contribution in [0.1, 0.15) is 33.1 Å². The van der Waals surface area contributed by atoms with Gasteiger partial charge in [-0.25, -0.2) is 0 Å². The summed E-state index contributed by atoms with van der Waals surface area (Å²) >= 11 is 0. The number of hydrogen-bond donors (Lipinski definition) is 1. The van der Waals surface area contributed by atoms with Crippen molar-refractivity contribution in [1.82, 2.24) is 10.2 Å². The van der Waals surface area contributed by atoms with E-state index in [1.165, 1.54) is 0 Å². The minimum atomic E-state index is -0.152. The van der Waals surface area contributed by atoms with Gasteiger partial charge in [0.05, 0.1) is 6.61 Å². The van der Waals surface area contributed by atoms with Crippen LogP contribution in [0.2, 0.25) is 0 Å². The summed E-state index contributed by atoms with van der Waals surface area (Å²) in [7, 11) is 0. The number of amides is 1. The number of carbonyl (C=O) groups excluding carboxylic acids is 1. The molecule has 2 aliphatic heterocycles. The van der Waals surface area contributed by atoms with Gasteiger partial charge in [0.15, 0.2) is 0 Å². The molecule has 2 rings (SSSR count). The second-order valence-corrected chi connectivity index (χ2v) is 5.88. The van der Waals surface area contributed by atoms with Crippen molar-refractivity contribution >= 4 is 5.91 Å². The van der Waals surface area contributed by atoms with Gasteiger partial charge in [0.2, 0.25) is 5.91 Å². The molecule has 2 fully saturated rings. The molecule has 2 heterocycles. The maximum atomic E-state index is 12.7. The molecule has 0 radical (unpaired) electrons. The Morgan fingerprint density at radius 2 is 2.17 bits per heavy atom. The second kappa shape index (κ2) is 6.02. The molecule has 0 aromatic carbocycles. The van der Waals surface area contributed by atoms with E-state index in [1.807, 2.05) is 4.90 Å². The van der Waals surface area contributed by atoms with E-state index in [0.717, 1.165) is 58.7 Å². The number of nitrogens with zero attached hydrogens (tertiary/aromatic N) is 1. The van der Waals surface area contributed by atoms with Gasteiger partial charge < -0.3 is 15.0 Å². The first kappa shape index (κ1) is 13.8. The minimum Gasteiger partial charge on any atom is -0.381 e. The molecule has 1 atom stereocenters. The van der Waals surface area contributed by atoms with Crippen LogP contribution in [0, 0.1) is 11.3 Å². The number of rotatable bonds is 4. The van der Waals surface area contributed by atoms with E-state index in [2.05, 4.69) is 19.2 Å². The number of ether oxygens (including phenoxy) is 1. The largest absolute Gasteiger partial charge is 0.381 e. The summed E-state index contributed by atoms with van der Waals surface area (Å²) in [5, 5.41) is 3.33. The lowest BCUT2D eigenvalue weighted by Crippen LogP contribution is -2.49. The summed E-state index contributed by atoms with van der Waals surface area (Å²) < 4.78 is 5.40. The molecule has 0 aromatic rings. The predicted molar refractivity (Wildman–Crippen MR) is 71.4 cm³/mol. The van der Waals surface area contributed by atoms with Crippen LogP contribution in [0.15, 0.2) is 0 Å². The lowest BCUT2D eigenvalue weighted by atomic mass is 9.79. The Balaban J connectivity index is 1.95. The highest BCUT2D eigenvalue weighted by Crippen LogP contribution is 2.31. The number of piperidine rings is 1. The zero-order valence-corrected chi connectivity index (χ0v) is 11.7. The van der Waals surface area contributed by atoms with Crippen molar-refractivity contribution in [2.45, 2.75) is 33.1 Å². The molecule has 1 unspecified atom stereocenters. The summed E-state index contributed by atoms with van der Waals surface area (Å²) in [4.78, 5) is 14.7. The standard InChI is InChI=1S/C14H26N2O2/c1-3-16(10-12-4-9-18-11-12)13(17)14(2)5-7-15-8-6-14/h12,15H,3-11H2,1-2H3. The van der Waals surface area contributed by atoms with E-state index in [1.54, 1.807) is 0 Å². The van der Waals surface area contributed by atoms with E-state index in [-0.39, 0.29) is 5.41 Å². The highest BCUT2D eigenvalue weighted by atomic mass is 16.5. The van der Waals surface area contributed by atoms with Crippen LogP contribution >= 0.6 is 0 Å². The molecule has 1 N–H and O–H groups in total. The Bertz CT molecular complexity index is 282. The van der Waals surface area contributed by atoms with Gasteiger partial charge in [0.25, 0.3) is 0 Å². The van der Waals surface area contributed by atoms with Crippen LogP contribution in [0.3, 0.4) is 0 Å². The fourth-order valence-electron chi connectivity index (χ4n) is 2.97. The summed E-state index contributed by atoms with van der Waals surface area (Å²) in [6, 6.07) is 0. The van der Waals surface area contributed by atoms with Gasteiger partial charge in [-0.05, 0) is 39.3 Å². The van der Waals surface area contributed by atoms with Crippen molar-refractivity contribution in [2.75, 3.05) is 39.4 Å². The molecular formula is C14H26N2O2. The third kappa shape index (κ3) is 3.04. The summed E-state index contributed by atoms with van der Waals surface area (Å²) in [5.74, 6) is 0.887. The fourth-order valence-corrected chi connectivity index (χ4v) is 2.97. The molecule has 0 aromatic heterocycles. The molecule has 4 heteroatoms. The molecule has 104 valence electrons. The average molecular weight is 254 g/mol. The molecule has 0 saturated carbocycles. The molecule has 0 aliphatic carbocycles. The molecule has 1 amide bonds. The zero-order chi connectivity index (χ0) is 13.0. The Morgan fingerprint density at radius 3 is 2.72 bits per heavy atom. The van der Waals surface area contributed by atoms with Gasteiger partial charge in [0.1, 0.15) is 0 Å². The Kier molecular flexibility index (Phi) is 4.62. The van der Waals surface area contributed by atoms with Crippen molar-refractivity contribution in [2.24, 2.45) is 11.3 Å². The van der Waals surface area contributed by atoms with Crippen LogP contribution in [0.5, 0.6) is 0 Å². The zero-order valence-electron chi connectivity index (χ0n) is 11.7. The minimum absolute atomic E-state index is 0.152. The predicted octanol–water partition coefficient (Wildman–Crippen LogP) is 1.26. The summed E-state index contributed by atoms with van der Waals surface area (Å²) in [5.41, 5.74) is -0.152. The van der Waals surface area contributed by atoms with E-state index in [9.17, 15) is 4.79 Å². The van der Waals surface area contributed by atoms with Crippen LogP contribution in [0.4, 0.5) is 0 Å². The van der Waals surface area contributed by atoms with Gasteiger partial charge in [0, 0.05) is 31.0 Å².